The summed E-state index contributed by atoms with van der Waals surface area (Å²) in [5, 5.41) is 0. The molecule has 0 unspecified atom stereocenters. The van der Waals surface area contributed by atoms with Crippen LogP contribution in [0.5, 0.6) is 0 Å². The van der Waals surface area contributed by atoms with Gasteiger partial charge in [-0.05, 0) is 107 Å². The molecule has 0 saturated carbocycles. The van der Waals surface area contributed by atoms with Crippen LogP contribution < -0.4 is 0 Å². The topological polar surface area (TPSA) is 64.5 Å². The van der Waals surface area contributed by atoms with Crippen LogP contribution in [0.3, 0.4) is 0 Å². The Morgan fingerprint density at radius 1 is 0.259 bits per heavy atom. The Kier molecular flexibility index (Phi) is 27.0. The molecule has 0 N–H and O–H groups in total. The number of nitrogens with zero attached hydrogens (tertiary/aromatic N) is 5. The van der Waals surface area contributed by atoms with E-state index in [0.29, 0.717) is 0 Å². The van der Waals surface area contributed by atoms with Crippen molar-refractivity contribution < 1.29 is 60.3 Å². The van der Waals surface area contributed by atoms with Crippen molar-refractivity contribution in [2.45, 2.75) is 27.7 Å². The minimum atomic E-state index is 0. The van der Waals surface area contributed by atoms with Crippen molar-refractivity contribution >= 4 is 0 Å². The van der Waals surface area contributed by atoms with E-state index in [0.717, 1.165) is 78.8 Å². The predicted octanol–water partition coefficient (Wildman–Crippen LogP) is 19.0. The standard InChI is InChI=1S/3C18H14N.C12H10N.C11H8N.3Ir/c1-14-17(15-8-4-2-5-9-15)12-13-18(19-14)16-10-6-3-7-11-16;2*1-14-7-5-6-10-17(14)16-11-12-18(19-13-16)15-8-3-2-4-9-15;1-10-6-5-9-12(13-10)11-7-3-2-4-8-11;1-2-6-10(7-3-1)11-8-4-5-9-12-11;;;/h2-10,12-13H,1H3;2*2-8,10-13H,1H3;2-7,9H,1H3;1-6,8-9H;;;/q5*-1;;;. The van der Waals surface area contributed by atoms with Crippen LogP contribution >= 0.6 is 0 Å². The molecule has 0 fully saturated rings. The first kappa shape index (κ1) is 65.6. The summed E-state index contributed by atoms with van der Waals surface area (Å²) in [5.41, 5.74) is 21.8. The number of aromatic nitrogens is 5. The zero-order chi connectivity index (χ0) is 56.6. The molecule has 5 heterocycles. The van der Waals surface area contributed by atoms with Gasteiger partial charge in [0, 0.05) is 95.9 Å². The van der Waals surface area contributed by atoms with Crippen LogP contribution in [-0.4, -0.2) is 24.9 Å². The summed E-state index contributed by atoms with van der Waals surface area (Å²) < 4.78 is 0. The second kappa shape index (κ2) is 34.9. The maximum absolute atomic E-state index is 4.69. The van der Waals surface area contributed by atoms with Crippen molar-refractivity contribution in [2.75, 3.05) is 0 Å². The third kappa shape index (κ3) is 19.5. The van der Waals surface area contributed by atoms with E-state index in [1.807, 2.05) is 207 Å². The molecule has 8 aromatic carbocycles. The van der Waals surface area contributed by atoms with Crippen LogP contribution in [0, 0.1) is 58.0 Å². The van der Waals surface area contributed by atoms with Crippen LogP contribution in [0.2, 0.25) is 0 Å². The third-order valence-electron chi connectivity index (χ3n) is 13.1. The molecule has 5 aromatic heterocycles. The van der Waals surface area contributed by atoms with E-state index in [4.69, 9.17) is 0 Å². The molecule has 0 atom stereocenters. The molecule has 5 nitrogen and oxygen atoms in total. The molecular formula is C77H60Ir3N5-5. The molecule has 0 amide bonds. The fourth-order valence-corrected chi connectivity index (χ4v) is 8.83. The SMILES string of the molecule is Cc1cccc(-c2[c-]cccc2)n1.Cc1ccccc1-c1ccc(-c2[c-]cccc2)nc1.Cc1ccccc1-c1ccc(-c2[c-]cccc2)nc1.Cc1nc(-c2[c-]cccc2)ccc1-c1ccccc1.[Ir].[Ir].[Ir].[c-]1ccccc1-c1ccccn1. The monoisotopic (exact) mass is 1630 g/mol. The molecule has 0 spiro atoms. The number of benzene rings is 8. The maximum atomic E-state index is 4.69. The van der Waals surface area contributed by atoms with Crippen LogP contribution in [0.1, 0.15) is 22.5 Å². The molecule has 0 aliphatic rings. The zero-order valence-corrected chi connectivity index (χ0v) is 54.6. The molecule has 3 radical (unpaired) electrons. The summed E-state index contributed by atoms with van der Waals surface area (Å²) in [6.07, 6.45) is 5.65. The molecule has 13 aromatic rings. The van der Waals surface area contributed by atoms with Gasteiger partial charge >= 0.3 is 0 Å². The summed E-state index contributed by atoms with van der Waals surface area (Å²) in [5.74, 6) is 0. The second-order valence-corrected chi connectivity index (χ2v) is 18.9. The van der Waals surface area contributed by atoms with E-state index in [9.17, 15) is 0 Å². The smallest absolute Gasteiger partial charge is 0.0344 e. The van der Waals surface area contributed by atoms with Crippen molar-refractivity contribution in [1.29, 1.82) is 0 Å². The van der Waals surface area contributed by atoms with E-state index < -0.39 is 0 Å². The van der Waals surface area contributed by atoms with Gasteiger partial charge < -0.3 is 24.9 Å². The maximum Gasteiger partial charge on any atom is 0.0344 e. The third-order valence-corrected chi connectivity index (χ3v) is 13.1. The molecule has 8 heteroatoms. The van der Waals surface area contributed by atoms with Gasteiger partial charge in [0.2, 0.25) is 0 Å². The number of aryl methyl sites for hydroxylation is 4. The van der Waals surface area contributed by atoms with Gasteiger partial charge in [0.05, 0.1) is 0 Å². The van der Waals surface area contributed by atoms with E-state index in [-0.39, 0.29) is 60.3 Å². The number of pyridine rings is 5. The predicted molar refractivity (Wildman–Crippen MR) is 338 cm³/mol. The Morgan fingerprint density at radius 3 is 1.01 bits per heavy atom. The van der Waals surface area contributed by atoms with Crippen LogP contribution in [0.25, 0.3) is 89.7 Å². The van der Waals surface area contributed by atoms with Gasteiger partial charge in [-0.3, -0.25) is 0 Å². The van der Waals surface area contributed by atoms with Gasteiger partial charge in [-0.15, -0.1) is 179 Å². The van der Waals surface area contributed by atoms with Gasteiger partial charge in [0.1, 0.15) is 0 Å². The minimum absolute atomic E-state index is 0. The first-order valence-corrected chi connectivity index (χ1v) is 27.1. The Bertz CT molecular complexity index is 3810. The molecule has 0 aliphatic carbocycles. The van der Waals surface area contributed by atoms with Crippen molar-refractivity contribution in [3.63, 3.8) is 0 Å². The minimum Gasteiger partial charge on any atom is -0.305 e. The molecule has 85 heavy (non-hydrogen) atoms. The first-order valence-electron chi connectivity index (χ1n) is 27.1. The van der Waals surface area contributed by atoms with Gasteiger partial charge in [-0.1, -0.05) is 140 Å². The molecule has 0 bridgehead atoms. The van der Waals surface area contributed by atoms with Crippen LogP contribution in [0.4, 0.5) is 0 Å². The van der Waals surface area contributed by atoms with Crippen molar-refractivity contribution in [2.24, 2.45) is 0 Å². The van der Waals surface area contributed by atoms with Crippen molar-refractivity contribution in [1.82, 2.24) is 24.9 Å². The van der Waals surface area contributed by atoms with Crippen molar-refractivity contribution in [3.05, 3.63) is 344 Å². The Morgan fingerprint density at radius 2 is 0.635 bits per heavy atom. The Hall–Kier alpha value is -8.54. The average molecular weight is 1630 g/mol. The zero-order valence-electron chi connectivity index (χ0n) is 47.4. The Balaban J connectivity index is 0.000000171. The summed E-state index contributed by atoms with van der Waals surface area (Å²) >= 11 is 0. The van der Waals surface area contributed by atoms with Gasteiger partial charge in [0.15, 0.2) is 0 Å². The van der Waals surface area contributed by atoms with Gasteiger partial charge in [-0.25, -0.2) is 0 Å². The largest absolute Gasteiger partial charge is 0.305 e. The molecule has 425 valence electrons. The summed E-state index contributed by atoms with van der Waals surface area (Å²) in [7, 11) is 0. The molecular weight excluding hydrogens is 1570 g/mol. The van der Waals surface area contributed by atoms with Crippen LogP contribution in [0.15, 0.2) is 292 Å². The molecule has 0 saturated heterocycles. The molecule has 13 rings (SSSR count). The summed E-state index contributed by atoms with van der Waals surface area (Å²) in [4.78, 5) is 22.4. The number of rotatable bonds is 8. The average Bonchev–Trinajstić information content (AvgIpc) is 3.76. The van der Waals surface area contributed by atoms with E-state index >= 15 is 0 Å². The van der Waals surface area contributed by atoms with E-state index in [2.05, 4.69) is 161 Å². The first-order chi connectivity index (χ1) is 40.4. The summed E-state index contributed by atoms with van der Waals surface area (Å²) in [6.45, 7) is 8.28. The fraction of sp³-hybridized carbons (Fsp3) is 0.0519. The van der Waals surface area contributed by atoms with Crippen LogP contribution in [-0.2, 0) is 60.3 Å². The number of hydrogen-bond acceptors (Lipinski definition) is 5. The Labute approximate surface area is 542 Å². The fourth-order valence-electron chi connectivity index (χ4n) is 8.83. The normalized spacial score (nSPS) is 9.84. The van der Waals surface area contributed by atoms with Gasteiger partial charge in [-0.2, -0.15) is 0 Å². The second-order valence-electron chi connectivity index (χ2n) is 18.9. The van der Waals surface area contributed by atoms with E-state index in [1.54, 1.807) is 6.20 Å². The van der Waals surface area contributed by atoms with Gasteiger partial charge in [0.25, 0.3) is 0 Å². The molecule has 0 aliphatic heterocycles. The van der Waals surface area contributed by atoms with Crippen molar-refractivity contribution in [3.8, 4) is 89.7 Å². The summed E-state index contributed by atoms with van der Waals surface area (Å²) in [6, 6.07) is 107. The quantitative estimate of drug-likeness (QED) is 0.142. The number of hydrogen-bond donors (Lipinski definition) is 0. The van der Waals surface area contributed by atoms with E-state index in [1.165, 1.54) is 33.4 Å².